The number of aliphatic imine (C=N–C) groups is 1. The maximum absolute atomic E-state index is 5.42. The number of rotatable bonds is 6. The number of ether oxygens (including phenoxy) is 2. The maximum Gasteiger partial charge on any atom is 0.193 e. The predicted molar refractivity (Wildman–Crippen MR) is 115 cm³/mol. The second kappa shape index (κ2) is 9.28. The molecule has 0 radical (unpaired) electrons. The van der Waals surface area contributed by atoms with Crippen LogP contribution in [0.5, 0.6) is 11.5 Å². The van der Waals surface area contributed by atoms with Crippen LogP contribution in [0.15, 0.2) is 28.6 Å². The van der Waals surface area contributed by atoms with Crippen molar-refractivity contribution in [3.05, 3.63) is 39.8 Å². The molecule has 152 valence electrons. The molecule has 0 bridgehead atoms. The van der Waals surface area contributed by atoms with Crippen LogP contribution in [0.3, 0.4) is 0 Å². The Bertz CT molecular complexity index is 796. The summed E-state index contributed by atoms with van der Waals surface area (Å²) < 4.78 is 10.8. The molecular formula is C21H30N4O2S. The largest absolute Gasteiger partial charge is 0.497 e. The quantitative estimate of drug-likeness (QED) is 0.587. The Kier molecular flexibility index (Phi) is 6.78. The summed E-state index contributed by atoms with van der Waals surface area (Å²) in [5.41, 5.74) is 2.32. The lowest BCUT2D eigenvalue weighted by Gasteiger charge is -2.21. The van der Waals surface area contributed by atoms with E-state index in [1.54, 1.807) is 25.6 Å². The minimum Gasteiger partial charge on any atom is -0.497 e. The van der Waals surface area contributed by atoms with Crippen LogP contribution in [-0.2, 0) is 6.54 Å². The number of thiazole rings is 1. The number of benzene rings is 1. The molecule has 2 heterocycles. The highest BCUT2D eigenvalue weighted by Crippen LogP contribution is 2.33. The Morgan fingerprint density at radius 2 is 2.00 bits per heavy atom. The van der Waals surface area contributed by atoms with Gasteiger partial charge in [-0.3, -0.25) is 4.99 Å². The monoisotopic (exact) mass is 402 g/mol. The van der Waals surface area contributed by atoms with Crippen molar-refractivity contribution in [3.63, 3.8) is 0 Å². The molecule has 0 aliphatic carbocycles. The Hall–Kier alpha value is -2.28. The topological polar surface area (TPSA) is 59.0 Å². The number of hydrogen-bond acceptors (Lipinski definition) is 5. The number of nitrogens with one attached hydrogen (secondary N) is 1. The number of guanidine groups is 1. The van der Waals surface area contributed by atoms with Gasteiger partial charge in [0.1, 0.15) is 11.5 Å². The molecule has 7 heteroatoms. The molecule has 1 saturated heterocycles. The summed E-state index contributed by atoms with van der Waals surface area (Å²) in [7, 11) is 5.22. The van der Waals surface area contributed by atoms with Crippen LogP contribution in [0.25, 0.3) is 0 Å². The molecule has 1 aromatic heterocycles. The Balaban J connectivity index is 1.63. The smallest absolute Gasteiger partial charge is 0.193 e. The van der Waals surface area contributed by atoms with Crippen LogP contribution in [0.2, 0.25) is 0 Å². The molecule has 1 aliphatic rings. The third kappa shape index (κ3) is 4.76. The first kappa shape index (κ1) is 20.5. The zero-order chi connectivity index (χ0) is 20.1. The van der Waals surface area contributed by atoms with Gasteiger partial charge >= 0.3 is 0 Å². The van der Waals surface area contributed by atoms with Crippen molar-refractivity contribution in [2.75, 3.05) is 34.4 Å². The predicted octanol–water partition coefficient (Wildman–Crippen LogP) is 3.85. The lowest BCUT2D eigenvalue weighted by Crippen LogP contribution is -2.39. The Labute approximate surface area is 171 Å². The van der Waals surface area contributed by atoms with E-state index in [0.717, 1.165) is 42.7 Å². The van der Waals surface area contributed by atoms with Crippen LogP contribution in [0.4, 0.5) is 0 Å². The fourth-order valence-electron chi connectivity index (χ4n) is 3.46. The van der Waals surface area contributed by atoms with Crippen LogP contribution in [0.1, 0.15) is 48.4 Å². The molecule has 3 rings (SSSR count). The van der Waals surface area contributed by atoms with E-state index in [2.05, 4.69) is 46.6 Å². The van der Waals surface area contributed by atoms with Gasteiger partial charge in [-0.15, -0.1) is 11.3 Å². The molecule has 1 fully saturated rings. The molecule has 0 spiro atoms. The summed E-state index contributed by atoms with van der Waals surface area (Å²) in [6, 6.07) is 6.13. The van der Waals surface area contributed by atoms with Crippen LogP contribution >= 0.6 is 11.3 Å². The van der Waals surface area contributed by atoms with Gasteiger partial charge in [-0.25, -0.2) is 4.98 Å². The average Bonchev–Trinajstić information content (AvgIpc) is 3.38. The molecule has 0 amide bonds. The van der Waals surface area contributed by atoms with Gasteiger partial charge in [0.2, 0.25) is 0 Å². The highest BCUT2D eigenvalue weighted by Gasteiger charge is 2.27. The third-order valence-corrected chi connectivity index (χ3v) is 6.23. The summed E-state index contributed by atoms with van der Waals surface area (Å²) in [6.45, 7) is 6.94. The second-order valence-corrected chi connectivity index (χ2v) is 8.20. The van der Waals surface area contributed by atoms with Crippen molar-refractivity contribution >= 4 is 17.3 Å². The zero-order valence-electron chi connectivity index (χ0n) is 17.4. The first-order valence-electron chi connectivity index (χ1n) is 9.67. The van der Waals surface area contributed by atoms with Crippen molar-refractivity contribution in [1.82, 2.24) is 15.2 Å². The summed E-state index contributed by atoms with van der Waals surface area (Å²) >= 11 is 1.73. The van der Waals surface area contributed by atoms with Gasteiger partial charge in [-0.2, -0.15) is 0 Å². The minimum absolute atomic E-state index is 0.425. The van der Waals surface area contributed by atoms with E-state index in [9.17, 15) is 0 Å². The SMILES string of the molecule is CN=C(NCc1csc(C(C)C)n1)N1CCC(c2cc(OC)cc(OC)c2)C1. The number of nitrogens with zero attached hydrogens (tertiary/aromatic N) is 3. The first-order chi connectivity index (χ1) is 13.5. The average molecular weight is 403 g/mol. The fraction of sp³-hybridized carbons (Fsp3) is 0.524. The van der Waals surface area contributed by atoms with E-state index < -0.39 is 0 Å². The van der Waals surface area contributed by atoms with E-state index >= 15 is 0 Å². The zero-order valence-corrected chi connectivity index (χ0v) is 18.2. The number of likely N-dealkylation sites (tertiary alicyclic amines) is 1. The second-order valence-electron chi connectivity index (χ2n) is 7.31. The summed E-state index contributed by atoms with van der Waals surface area (Å²) in [5.74, 6) is 3.49. The summed E-state index contributed by atoms with van der Waals surface area (Å²) in [4.78, 5) is 11.5. The van der Waals surface area contributed by atoms with E-state index in [4.69, 9.17) is 14.5 Å². The lowest BCUT2D eigenvalue weighted by atomic mass is 9.98. The van der Waals surface area contributed by atoms with Crippen LogP contribution in [-0.4, -0.2) is 50.2 Å². The molecule has 2 aromatic rings. The molecule has 1 unspecified atom stereocenters. The molecule has 28 heavy (non-hydrogen) atoms. The van der Waals surface area contributed by atoms with Gasteiger partial charge < -0.3 is 19.7 Å². The van der Waals surface area contributed by atoms with Gasteiger partial charge in [0, 0.05) is 43.4 Å². The minimum atomic E-state index is 0.425. The lowest BCUT2D eigenvalue weighted by molar-refractivity contribution is 0.392. The number of methoxy groups -OCH3 is 2. The van der Waals surface area contributed by atoms with Crippen molar-refractivity contribution in [3.8, 4) is 11.5 Å². The summed E-state index contributed by atoms with van der Waals surface area (Å²) in [6.07, 6.45) is 1.07. The van der Waals surface area contributed by atoms with Crippen LogP contribution < -0.4 is 14.8 Å². The molecule has 1 aliphatic heterocycles. The Morgan fingerprint density at radius 1 is 1.29 bits per heavy atom. The van der Waals surface area contributed by atoms with Gasteiger partial charge in [0.25, 0.3) is 0 Å². The molecule has 1 aromatic carbocycles. The van der Waals surface area contributed by atoms with Gasteiger partial charge in [0.15, 0.2) is 5.96 Å². The van der Waals surface area contributed by atoms with E-state index in [0.29, 0.717) is 18.4 Å². The van der Waals surface area contributed by atoms with Crippen molar-refractivity contribution < 1.29 is 9.47 Å². The Morgan fingerprint density at radius 3 is 2.57 bits per heavy atom. The van der Waals surface area contributed by atoms with Gasteiger partial charge in [-0.05, 0) is 24.1 Å². The maximum atomic E-state index is 5.42. The molecule has 1 N–H and O–H groups in total. The first-order valence-corrected chi connectivity index (χ1v) is 10.5. The molecule has 0 saturated carbocycles. The normalized spacial score (nSPS) is 17.3. The van der Waals surface area contributed by atoms with Crippen LogP contribution in [0, 0.1) is 0 Å². The number of hydrogen-bond donors (Lipinski definition) is 1. The highest BCUT2D eigenvalue weighted by molar-refractivity contribution is 7.09. The van der Waals surface area contributed by atoms with E-state index in [1.807, 2.05) is 13.1 Å². The number of aromatic nitrogens is 1. The van der Waals surface area contributed by atoms with Gasteiger partial charge in [-0.1, -0.05) is 13.8 Å². The van der Waals surface area contributed by atoms with Crippen molar-refractivity contribution in [1.29, 1.82) is 0 Å². The highest BCUT2D eigenvalue weighted by atomic mass is 32.1. The van der Waals surface area contributed by atoms with E-state index in [1.165, 1.54) is 10.6 Å². The van der Waals surface area contributed by atoms with Crippen molar-refractivity contribution in [2.45, 2.75) is 38.6 Å². The van der Waals surface area contributed by atoms with Gasteiger partial charge in [0.05, 0.1) is 31.5 Å². The molecule has 6 nitrogen and oxygen atoms in total. The van der Waals surface area contributed by atoms with E-state index in [-0.39, 0.29) is 0 Å². The molecular weight excluding hydrogens is 372 g/mol. The standard InChI is InChI=1S/C21H30N4O2S/c1-14(2)20-24-17(13-28-20)11-23-21(22-3)25-7-6-15(12-25)16-8-18(26-4)10-19(9-16)27-5/h8-10,13-15H,6-7,11-12H2,1-5H3,(H,22,23). The van der Waals surface area contributed by atoms with Crippen molar-refractivity contribution in [2.24, 2.45) is 4.99 Å². The fourth-order valence-corrected chi connectivity index (χ4v) is 4.30. The summed E-state index contributed by atoms with van der Waals surface area (Å²) in [5, 5.41) is 6.78. The third-order valence-electron chi connectivity index (χ3n) is 5.04. The molecule has 1 atom stereocenters.